The van der Waals surface area contributed by atoms with Crippen LogP contribution in [0.4, 0.5) is 0 Å². The number of hydrogen-bond acceptors (Lipinski definition) is 3. The van der Waals surface area contributed by atoms with E-state index in [0.717, 1.165) is 11.1 Å². The van der Waals surface area contributed by atoms with Gasteiger partial charge in [0.15, 0.2) is 0 Å². The molecule has 0 radical (unpaired) electrons. The van der Waals surface area contributed by atoms with E-state index < -0.39 is 0 Å². The topological polar surface area (TPSA) is 42.0 Å². The Hall–Kier alpha value is -2.78. The first-order chi connectivity index (χ1) is 12.6. The van der Waals surface area contributed by atoms with Gasteiger partial charge in [-0.1, -0.05) is 54.6 Å². The molecule has 0 saturated carbocycles. The summed E-state index contributed by atoms with van der Waals surface area (Å²) in [5.41, 5.74) is 4.31. The first kappa shape index (κ1) is 16.7. The van der Waals surface area contributed by atoms with Gasteiger partial charge >= 0.3 is 0 Å². The van der Waals surface area contributed by atoms with Gasteiger partial charge in [0.25, 0.3) is 0 Å². The maximum atomic E-state index is 10.3. The van der Waals surface area contributed by atoms with Gasteiger partial charge in [0, 0.05) is 11.6 Å². The molecule has 2 atom stereocenters. The van der Waals surface area contributed by atoms with Gasteiger partial charge in [-0.2, -0.15) is 0 Å². The van der Waals surface area contributed by atoms with Gasteiger partial charge in [-0.15, -0.1) is 0 Å². The minimum Gasteiger partial charge on any atom is -0.507 e. The Kier molecular flexibility index (Phi) is 4.39. The highest BCUT2D eigenvalue weighted by molar-refractivity contribution is 5.63. The fourth-order valence-electron chi connectivity index (χ4n) is 3.21. The summed E-state index contributed by atoms with van der Waals surface area (Å²) in [6.07, 6.45) is -0.0402. The van der Waals surface area contributed by atoms with Crippen molar-refractivity contribution in [1.82, 2.24) is 0 Å². The summed E-state index contributed by atoms with van der Waals surface area (Å²) < 4.78 is 11.5. The molecule has 1 aliphatic rings. The third kappa shape index (κ3) is 3.44. The number of phenolic OH excluding ortho intramolecular Hbond substituents is 1. The number of hydrogen-bond donors (Lipinski definition) is 1. The van der Waals surface area contributed by atoms with Crippen LogP contribution in [-0.4, -0.2) is 11.2 Å². The van der Waals surface area contributed by atoms with Gasteiger partial charge < -0.3 is 14.6 Å². The summed E-state index contributed by atoms with van der Waals surface area (Å²) in [7, 11) is 0. The van der Waals surface area contributed by atoms with E-state index in [1.54, 1.807) is 6.07 Å². The largest absolute Gasteiger partial charge is 0.507 e. The molecular formula is C23H22O3. The first-order valence-electron chi connectivity index (χ1n) is 8.92. The third-order valence-corrected chi connectivity index (χ3v) is 4.52. The molecule has 1 saturated heterocycles. The molecule has 1 aliphatic heterocycles. The van der Waals surface area contributed by atoms with Crippen molar-refractivity contribution in [2.24, 2.45) is 0 Å². The molecule has 3 heteroatoms. The SMILES string of the molecule is CC(C)Oc1ccc(C2OC2c2ccc(-c3ccccc3)cc2)c(O)c1. The van der Waals surface area contributed by atoms with Gasteiger partial charge in [-0.05, 0) is 42.7 Å². The summed E-state index contributed by atoms with van der Waals surface area (Å²) in [6, 6.07) is 24.2. The molecule has 1 fully saturated rings. The van der Waals surface area contributed by atoms with Gasteiger partial charge in [0.05, 0.1) is 6.10 Å². The van der Waals surface area contributed by atoms with Gasteiger partial charge in [-0.3, -0.25) is 0 Å². The predicted octanol–water partition coefficient (Wildman–Crippen LogP) is 5.66. The molecule has 3 aromatic rings. The standard InChI is InChI=1S/C23H22O3/c1-15(2)25-19-12-13-20(21(24)14-19)23-22(26-23)18-10-8-17(9-11-18)16-6-4-3-5-7-16/h3-15,22-24H,1-2H3. The monoisotopic (exact) mass is 346 g/mol. The van der Waals surface area contributed by atoms with Gasteiger partial charge in [0.1, 0.15) is 23.7 Å². The Morgan fingerprint density at radius 3 is 2.19 bits per heavy atom. The lowest BCUT2D eigenvalue weighted by Crippen LogP contribution is -2.05. The van der Waals surface area contributed by atoms with Crippen LogP contribution in [0, 0.1) is 0 Å². The zero-order valence-electron chi connectivity index (χ0n) is 14.9. The molecule has 4 rings (SSSR count). The number of rotatable bonds is 5. The van der Waals surface area contributed by atoms with Crippen LogP contribution >= 0.6 is 0 Å². The summed E-state index contributed by atoms with van der Waals surface area (Å²) >= 11 is 0. The van der Waals surface area contributed by atoms with E-state index in [2.05, 4.69) is 36.4 Å². The number of ether oxygens (including phenoxy) is 2. The van der Waals surface area contributed by atoms with Crippen LogP contribution in [-0.2, 0) is 4.74 Å². The Balaban J connectivity index is 1.48. The number of epoxide rings is 1. The molecule has 0 amide bonds. The molecule has 2 unspecified atom stereocenters. The van der Waals surface area contributed by atoms with Crippen molar-refractivity contribution in [1.29, 1.82) is 0 Å². The Morgan fingerprint density at radius 1 is 0.846 bits per heavy atom. The van der Waals surface area contributed by atoms with Crippen molar-refractivity contribution in [3.63, 3.8) is 0 Å². The molecule has 1 heterocycles. The number of aromatic hydroxyl groups is 1. The quantitative estimate of drug-likeness (QED) is 0.606. The molecule has 1 N–H and O–H groups in total. The predicted molar refractivity (Wildman–Crippen MR) is 102 cm³/mol. The molecular weight excluding hydrogens is 324 g/mol. The number of benzene rings is 3. The molecule has 3 nitrogen and oxygen atoms in total. The van der Waals surface area contributed by atoms with E-state index in [-0.39, 0.29) is 24.1 Å². The van der Waals surface area contributed by atoms with Gasteiger partial charge in [-0.25, -0.2) is 0 Å². The van der Waals surface area contributed by atoms with Crippen LogP contribution in [0.3, 0.4) is 0 Å². The summed E-state index contributed by atoms with van der Waals surface area (Å²) in [5, 5.41) is 10.3. The lowest BCUT2D eigenvalue weighted by atomic mass is 10.00. The average Bonchev–Trinajstić information content (AvgIpc) is 3.43. The smallest absolute Gasteiger partial charge is 0.125 e. The van der Waals surface area contributed by atoms with Crippen molar-refractivity contribution in [2.75, 3.05) is 0 Å². The fourth-order valence-corrected chi connectivity index (χ4v) is 3.21. The summed E-state index contributed by atoms with van der Waals surface area (Å²) in [5.74, 6) is 0.891. The molecule has 0 aromatic heterocycles. The molecule has 3 aromatic carbocycles. The Labute approximate surface area is 153 Å². The highest BCUT2D eigenvalue weighted by Gasteiger charge is 2.42. The van der Waals surface area contributed by atoms with E-state index in [1.165, 1.54) is 11.1 Å². The molecule has 0 bridgehead atoms. The van der Waals surface area contributed by atoms with E-state index in [9.17, 15) is 5.11 Å². The van der Waals surface area contributed by atoms with Gasteiger partial charge in [0.2, 0.25) is 0 Å². The van der Waals surface area contributed by atoms with Crippen LogP contribution in [0.25, 0.3) is 11.1 Å². The Morgan fingerprint density at radius 2 is 1.54 bits per heavy atom. The molecule has 0 aliphatic carbocycles. The van der Waals surface area contributed by atoms with Crippen molar-refractivity contribution >= 4 is 0 Å². The first-order valence-corrected chi connectivity index (χ1v) is 8.92. The third-order valence-electron chi connectivity index (χ3n) is 4.52. The van der Waals surface area contributed by atoms with Crippen LogP contribution in [0.2, 0.25) is 0 Å². The van der Waals surface area contributed by atoms with Crippen molar-refractivity contribution in [3.05, 3.63) is 83.9 Å². The maximum absolute atomic E-state index is 10.3. The lowest BCUT2D eigenvalue weighted by molar-refractivity contribution is 0.241. The highest BCUT2D eigenvalue weighted by atomic mass is 16.6. The van der Waals surface area contributed by atoms with E-state index in [4.69, 9.17) is 9.47 Å². The molecule has 26 heavy (non-hydrogen) atoms. The van der Waals surface area contributed by atoms with Crippen LogP contribution < -0.4 is 4.74 Å². The molecule has 0 spiro atoms. The van der Waals surface area contributed by atoms with E-state index in [1.807, 2.05) is 44.2 Å². The normalized spacial score (nSPS) is 18.7. The summed E-state index contributed by atoms with van der Waals surface area (Å²) in [4.78, 5) is 0. The summed E-state index contributed by atoms with van der Waals surface area (Å²) in [6.45, 7) is 3.92. The lowest BCUT2D eigenvalue weighted by Gasteiger charge is -2.11. The maximum Gasteiger partial charge on any atom is 0.125 e. The van der Waals surface area contributed by atoms with E-state index in [0.29, 0.717) is 5.75 Å². The molecule has 132 valence electrons. The van der Waals surface area contributed by atoms with E-state index >= 15 is 0 Å². The number of phenols is 1. The average molecular weight is 346 g/mol. The highest BCUT2D eigenvalue weighted by Crippen LogP contribution is 2.53. The zero-order chi connectivity index (χ0) is 18.1. The van der Waals surface area contributed by atoms with Crippen LogP contribution in [0.1, 0.15) is 37.2 Å². The second-order valence-electron chi connectivity index (χ2n) is 6.85. The zero-order valence-corrected chi connectivity index (χ0v) is 14.9. The van der Waals surface area contributed by atoms with Crippen molar-refractivity contribution < 1.29 is 14.6 Å². The minimum atomic E-state index is -0.106. The van der Waals surface area contributed by atoms with Crippen molar-refractivity contribution in [3.8, 4) is 22.6 Å². The fraction of sp³-hybridized carbons (Fsp3) is 0.217. The van der Waals surface area contributed by atoms with Crippen molar-refractivity contribution in [2.45, 2.75) is 32.2 Å². The van der Waals surface area contributed by atoms with Crippen LogP contribution in [0.5, 0.6) is 11.5 Å². The second-order valence-corrected chi connectivity index (χ2v) is 6.85. The minimum absolute atomic E-state index is 0.0115. The Bertz CT molecular complexity index is 885. The van der Waals surface area contributed by atoms with Crippen LogP contribution in [0.15, 0.2) is 72.8 Å². The second kappa shape index (κ2) is 6.85.